The Morgan fingerprint density at radius 1 is 1.38 bits per heavy atom. The summed E-state index contributed by atoms with van der Waals surface area (Å²) in [5.41, 5.74) is 0.900. The molecule has 1 aromatic carbocycles. The van der Waals surface area contributed by atoms with Crippen molar-refractivity contribution in [3.05, 3.63) is 34.9 Å². The molecule has 0 aliphatic carbocycles. The highest BCUT2D eigenvalue weighted by molar-refractivity contribution is 6.31. The molecule has 1 aromatic rings. The quantitative estimate of drug-likeness (QED) is 0.800. The van der Waals surface area contributed by atoms with Gasteiger partial charge in [0.1, 0.15) is 0 Å². The van der Waals surface area contributed by atoms with Gasteiger partial charge in [0.05, 0.1) is 26.1 Å². The molecule has 1 aliphatic rings. The van der Waals surface area contributed by atoms with Crippen LogP contribution in [0.2, 0.25) is 5.02 Å². The Hall–Kier alpha value is -1.59. The number of piperidine rings is 1. The van der Waals surface area contributed by atoms with E-state index in [-0.39, 0.29) is 30.5 Å². The molecule has 1 fully saturated rings. The Kier molecular flexibility index (Phi) is 7.06. The monoisotopic (exact) mass is 352 g/mol. The summed E-state index contributed by atoms with van der Waals surface area (Å²) in [5, 5.41) is 3.64. The number of esters is 1. The molecule has 1 amide bonds. The van der Waals surface area contributed by atoms with Crippen molar-refractivity contribution in [2.45, 2.75) is 44.7 Å². The van der Waals surface area contributed by atoms with Gasteiger partial charge in [0.25, 0.3) is 0 Å². The van der Waals surface area contributed by atoms with E-state index in [1.807, 2.05) is 31.2 Å². The molecule has 0 radical (unpaired) electrons. The highest BCUT2D eigenvalue weighted by Gasteiger charge is 2.27. The smallest absolute Gasteiger partial charge is 0.307 e. The van der Waals surface area contributed by atoms with Crippen LogP contribution < -0.4 is 5.32 Å². The Bertz CT molecular complexity index is 579. The lowest BCUT2D eigenvalue weighted by Crippen LogP contribution is -2.46. The molecular weight excluding hydrogens is 328 g/mol. The number of nitrogens with zero attached hydrogens (tertiary/aromatic N) is 1. The summed E-state index contributed by atoms with van der Waals surface area (Å²) in [5.74, 6) is -0.282. The maximum Gasteiger partial charge on any atom is 0.307 e. The molecule has 0 saturated carbocycles. The lowest BCUT2D eigenvalue weighted by Gasteiger charge is -2.34. The van der Waals surface area contributed by atoms with Crippen LogP contribution in [0.4, 0.5) is 0 Å². The SMILES string of the molecule is COC(=O)CC1CCCCN1CC(=O)NC(C)c1ccccc1Cl. The van der Waals surface area contributed by atoms with Gasteiger partial charge in [-0.05, 0) is 37.9 Å². The van der Waals surface area contributed by atoms with E-state index in [9.17, 15) is 9.59 Å². The van der Waals surface area contributed by atoms with Crippen molar-refractivity contribution in [3.63, 3.8) is 0 Å². The molecule has 2 rings (SSSR count). The van der Waals surface area contributed by atoms with Crippen LogP contribution in [0.1, 0.15) is 44.2 Å². The van der Waals surface area contributed by atoms with Crippen LogP contribution in [0, 0.1) is 0 Å². The van der Waals surface area contributed by atoms with Crippen molar-refractivity contribution in [2.24, 2.45) is 0 Å². The van der Waals surface area contributed by atoms with Gasteiger partial charge in [0.15, 0.2) is 0 Å². The average Bonchev–Trinajstić information content (AvgIpc) is 2.56. The number of nitrogens with one attached hydrogen (secondary N) is 1. The number of ether oxygens (including phenoxy) is 1. The number of carbonyl (C=O) groups excluding carboxylic acids is 2. The molecule has 1 N–H and O–H groups in total. The van der Waals surface area contributed by atoms with Gasteiger partial charge >= 0.3 is 5.97 Å². The Morgan fingerprint density at radius 3 is 2.83 bits per heavy atom. The van der Waals surface area contributed by atoms with E-state index in [1.54, 1.807) is 0 Å². The molecule has 0 spiro atoms. The number of methoxy groups -OCH3 is 1. The minimum Gasteiger partial charge on any atom is -0.469 e. The number of halogens is 1. The van der Waals surface area contributed by atoms with Crippen molar-refractivity contribution < 1.29 is 14.3 Å². The molecule has 2 unspecified atom stereocenters. The maximum atomic E-state index is 12.4. The van der Waals surface area contributed by atoms with E-state index in [1.165, 1.54) is 7.11 Å². The standard InChI is InChI=1S/C18H25ClN2O3/c1-13(15-8-3-4-9-16(15)19)20-17(22)12-21-10-6-5-7-14(21)11-18(23)24-2/h3-4,8-9,13-14H,5-7,10-12H2,1-2H3,(H,20,22). The highest BCUT2D eigenvalue weighted by Crippen LogP contribution is 2.23. The molecule has 1 heterocycles. The minimum atomic E-state index is -0.225. The summed E-state index contributed by atoms with van der Waals surface area (Å²) < 4.78 is 4.76. The normalized spacial score (nSPS) is 19.5. The number of likely N-dealkylation sites (tertiary alicyclic amines) is 1. The zero-order valence-electron chi connectivity index (χ0n) is 14.3. The van der Waals surface area contributed by atoms with Crippen molar-refractivity contribution in [2.75, 3.05) is 20.2 Å². The summed E-state index contributed by atoms with van der Waals surface area (Å²) >= 11 is 6.18. The van der Waals surface area contributed by atoms with Crippen LogP contribution in [0.5, 0.6) is 0 Å². The largest absolute Gasteiger partial charge is 0.469 e. The Balaban J connectivity index is 1.92. The Morgan fingerprint density at radius 2 is 2.12 bits per heavy atom. The summed E-state index contributed by atoms with van der Waals surface area (Å²) in [4.78, 5) is 26.0. The minimum absolute atomic E-state index is 0.0563. The number of hydrogen-bond donors (Lipinski definition) is 1. The van der Waals surface area contributed by atoms with Crippen molar-refractivity contribution in [3.8, 4) is 0 Å². The van der Waals surface area contributed by atoms with E-state index in [0.29, 0.717) is 11.4 Å². The second-order valence-corrected chi connectivity index (χ2v) is 6.62. The van der Waals surface area contributed by atoms with Crippen LogP contribution in [0.25, 0.3) is 0 Å². The predicted octanol–water partition coefficient (Wildman–Crippen LogP) is 2.93. The van der Waals surface area contributed by atoms with Crippen LogP contribution in [0.3, 0.4) is 0 Å². The molecular formula is C18H25ClN2O3. The summed E-state index contributed by atoms with van der Waals surface area (Å²) in [6.07, 6.45) is 3.38. The zero-order chi connectivity index (χ0) is 17.5. The molecule has 5 nitrogen and oxygen atoms in total. The predicted molar refractivity (Wildman–Crippen MR) is 93.9 cm³/mol. The van der Waals surface area contributed by atoms with E-state index in [0.717, 1.165) is 31.4 Å². The molecule has 0 aromatic heterocycles. The van der Waals surface area contributed by atoms with Crippen molar-refractivity contribution >= 4 is 23.5 Å². The first-order valence-electron chi connectivity index (χ1n) is 8.36. The number of carbonyl (C=O) groups is 2. The van der Waals surface area contributed by atoms with E-state index in [2.05, 4.69) is 10.2 Å². The molecule has 2 atom stereocenters. The zero-order valence-corrected chi connectivity index (χ0v) is 15.0. The highest BCUT2D eigenvalue weighted by atomic mass is 35.5. The fraction of sp³-hybridized carbons (Fsp3) is 0.556. The topological polar surface area (TPSA) is 58.6 Å². The van der Waals surface area contributed by atoms with Crippen LogP contribution in [-0.2, 0) is 14.3 Å². The first-order chi connectivity index (χ1) is 11.5. The van der Waals surface area contributed by atoms with E-state index >= 15 is 0 Å². The van der Waals surface area contributed by atoms with Gasteiger partial charge in [-0.25, -0.2) is 0 Å². The van der Waals surface area contributed by atoms with Gasteiger partial charge in [-0.3, -0.25) is 14.5 Å². The van der Waals surface area contributed by atoms with Crippen LogP contribution in [-0.4, -0.2) is 43.0 Å². The first kappa shape index (κ1) is 18.7. The Labute approximate surface area is 148 Å². The lowest BCUT2D eigenvalue weighted by molar-refractivity contribution is -0.143. The number of benzene rings is 1. The summed E-state index contributed by atoms with van der Waals surface area (Å²) in [6.45, 7) is 3.03. The van der Waals surface area contributed by atoms with Gasteiger partial charge in [0, 0.05) is 11.1 Å². The molecule has 1 aliphatic heterocycles. The van der Waals surface area contributed by atoms with Gasteiger partial charge < -0.3 is 10.1 Å². The third-order valence-corrected chi connectivity index (χ3v) is 4.82. The van der Waals surface area contributed by atoms with Crippen molar-refractivity contribution in [1.82, 2.24) is 10.2 Å². The van der Waals surface area contributed by atoms with Gasteiger partial charge in [0.2, 0.25) is 5.91 Å². The van der Waals surface area contributed by atoms with Gasteiger partial charge in [-0.1, -0.05) is 36.2 Å². The van der Waals surface area contributed by atoms with Crippen molar-refractivity contribution in [1.29, 1.82) is 0 Å². The van der Waals surface area contributed by atoms with Crippen LogP contribution in [0.15, 0.2) is 24.3 Å². The molecule has 24 heavy (non-hydrogen) atoms. The third-order valence-electron chi connectivity index (χ3n) is 4.47. The number of amides is 1. The molecule has 132 valence electrons. The number of hydrogen-bond acceptors (Lipinski definition) is 4. The summed E-state index contributed by atoms with van der Waals surface area (Å²) in [6, 6.07) is 7.42. The van der Waals surface area contributed by atoms with E-state index < -0.39 is 0 Å². The fourth-order valence-corrected chi connectivity index (χ4v) is 3.45. The first-order valence-corrected chi connectivity index (χ1v) is 8.73. The third kappa shape index (κ3) is 5.21. The molecule has 6 heteroatoms. The second kappa shape index (κ2) is 9.04. The van der Waals surface area contributed by atoms with Crippen LogP contribution >= 0.6 is 11.6 Å². The molecule has 0 bridgehead atoms. The van der Waals surface area contributed by atoms with E-state index in [4.69, 9.17) is 16.3 Å². The fourth-order valence-electron chi connectivity index (χ4n) is 3.15. The summed E-state index contributed by atoms with van der Waals surface area (Å²) in [7, 11) is 1.40. The molecule has 1 saturated heterocycles. The van der Waals surface area contributed by atoms with Gasteiger partial charge in [-0.15, -0.1) is 0 Å². The lowest BCUT2D eigenvalue weighted by atomic mass is 9.99. The second-order valence-electron chi connectivity index (χ2n) is 6.21. The average molecular weight is 353 g/mol. The maximum absolute atomic E-state index is 12.4. The van der Waals surface area contributed by atoms with Gasteiger partial charge in [-0.2, -0.15) is 0 Å². The number of rotatable bonds is 6.